The highest BCUT2D eigenvalue weighted by Gasteiger charge is 2.14. The number of fused-ring (bicyclic) bond motifs is 1. The molecular formula is C14H17BrClN3. The molecule has 0 aliphatic carbocycles. The van der Waals surface area contributed by atoms with Crippen LogP contribution in [-0.4, -0.2) is 31.2 Å². The van der Waals surface area contributed by atoms with Gasteiger partial charge in [-0.05, 0) is 31.2 Å². The minimum atomic E-state index is 0. The predicted molar refractivity (Wildman–Crippen MR) is 86.5 cm³/mol. The number of pyridine rings is 1. The van der Waals surface area contributed by atoms with E-state index in [9.17, 15) is 0 Å². The normalized spacial score (nSPS) is 15.4. The molecule has 1 aromatic carbocycles. The van der Waals surface area contributed by atoms with Gasteiger partial charge in [-0.25, -0.2) is 0 Å². The molecule has 2 heterocycles. The Balaban J connectivity index is 0.00000133. The van der Waals surface area contributed by atoms with Gasteiger partial charge in [0.2, 0.25) is 0 Å². The van der Waals surface area contributed by atoms with E-state index in [0.29, 0.717) is 0 Å². The first-order chi connectivity index (χ1) is 8.74. The molecule has 0 saturated carbocycles. The van der Waals surface area contributed by atoms with Crippen LogP contribution in [-0.2, 0) is 0 Å². The number of aryl methyl sites for hydroxylation is 1. The maximum atomic E-state index is 4.61. The zero-order valence-electron chi connectivity index (χ0n) is 10.8. The largest absolute Gasteiger partial charge is 0.368 e. The lowest BCUT2D eigenvalue weighted by molar-refractivity contribution is 0.590. The number of nitrogens with one attached hydrogen (secondary N) is 1. The van der Waals surface area contributed by atoms with Crippen LogP contribution in [0.15, 0.2) is 28.7 Å². The molecule has 1 fully saturated rings. The molecule has 1 aliphatic heterocycles. The highest BCUT2D eigenvalue weighted by molar-refractivity contribution is 9.10. The van der Waals surface area contributed by atoms with Crippen molar-refractivity contribution >= 4 is 44.9 Å². The standard InChI is InChI=1S/C14H16BrN3.ClH/c1-10-8-14(18-6-4-16-5-7-18)12-9-11(15)2-3-13(12)17-10;/h2-3,8-9,16H,4-7H2,1H3;1H. The van der Waals surface area contributed by atoms with Crippen molar-refractivity contribution in [3.63, 3.8) is 0 Å². The van der Waals surface area contributed by atoms with Gasteiger partial charge in [0.1, 0.15) is 0 Å². The first-order valence-electron chi connectivity index (χ1n) is 6.26. The number of hydrogen-bond donors (Lipinski definition) is 1. The van der Waals surface area contributed by atoms with Crippen LogP contribution < -0.4 is 10.2 Å². The van der Waals surface area contributed by atoms with Crippen LogP contribution >= 0.6 is 28.3 Å². The topological polar surface area (TPSA) is 28.2 Å². The summed E-state index contributed by atoms with van der Waals surface area (Å²) >= 11 is 3.55. The van der Waals surface area contributed by atoms with Crippen molar-refractivity contribution in [3.8, 4) is 0 Å². The number of anilines is 1. The third-order valence-electron chi connectivity index (χ3n) is 3.33. The predicted octanol–water partition coefficient (Wildman–Crippen LogP) is 3.14. The highest BCUT2D eigenvalue weighted by atomic mass is 79.9. The summed E-state index contributed by atoms with van der Waals surface area (Å²) < 4.78 is 1.11. The molecule has 1 N–H and O–H groups in total. The molecule has 0 spiro atoms. The molecule has 1 aliphatic rings. The summed E-state index contributed by atoms with van der Waals surface area (Å²) in [7, 11) is 0. The fraction of sp³-hybridized carbons (Fsp3) is 0.357. The van der Waals surface area contributed by atoms with Gasteiger partial charge in [0.25, 0.3) is 0 Å². The maximum absolute atomic E-state index is 4.61. The fourth-order valence-corrected chi connectivity index (χ4v) is 2.84. The van der Waals surface area contributed by atoms with Crippen molar-refractivity contribution in [2.75, 3.05) is 31.1 Å². The maximum Gasteiger partial charge on any atom is 0.0726 e. The van der Waals surface area contributed by atoms with Crippen LogP contribution in [0.5, 0.6) is 0 Å². The molecular weight excluding hydrogens is 326 g/mol. The molecule has 0 amide bonds. The lowest BCUT2D eigenvalue weighted by Gasteiger charge is -2.30. The van der Waals surface area contributed by atoms with Crippen LogP contribution in [0.3, 0.4) is 0 Å². The Morgan fingerprint density at radius 1 is 1.21 bits per heavy atom. The Kier molecular flexibility index (Phi) is 4.66. The van der Waals surface area contributed by atoms with Crippen LogP contribution in [0, 0.1) is 6.92 Å². The summed E-state index contributed by atoms with van der Waals surface area (Å²) in [5, 5.41) is 4.63. The van der Waals surface area contributed by atoms with Gasteiger partial charge < -0.3 is 10.2 Å². The van der Waals surface area contributed by atoms with Crippen molar-refractivity contribution in [2.45, 2.75) is 6.92 Å². The molecule has 1 saturated heterocycles. The van der Waals surface area contributed by atoms with Crippen molar-refractivity contribution in [3.05, 3.63) is 34.4 Å². The number of nitrogens with zero attached hydrogens (tertiary/aromatic N) is 2. The molecule has 0 bridgehead atoms. The molecule has 3 nitrogen and oxygen atoms in total. The zero-order chi connectivity index (χ0) is 12.5. The zero-order valence-corrected chi connectivity index (χ0v) is 13.2. The van der Waals surface area contributed by atoms with Gasteiger partial charge in [-0.2, -0.15) is 0 Å². The number of aromatic nitrogens is 1. The molecule has 19 heavy (non-hydrogen) atoms. The summed E-state index contributed by atoms with van der Waals surface area (Å²) in [5.74, 6) is 0. The first-order valence-corrected chi connectivity index (χ1v) is 7.06. The lowest BCUT2D eigenvalue weighted by Crippen LogP contribution is -2.43. The van der Waals surface area contributed by atoms with Crippen molar-refractivity contribution < 1.29 is 0 Å². The molecule has 0 unspecified atom stereocenters. The fourth-order valence-electron chi connectivity index (χ4n) is 2.48. The summed E-state index contributed by atoms with van der Waals surface area (Å²) in [4.78, 5) is 7.05. The van der Waals surface area contributed by atoms with Crippen molar-refractivity contribution in [1.82, 2.24) is 10.3 Å². The molecule has 0 radical (unpaired) electrons. The average molecular weight is 343 g/mol. The number of halogens is 2. The van der Waals surface area contributed by atoms with Crippen molar-refractivity contribution in [1.29, 1.82) is 0 Å². The molecule has 0 atom stereocenters. The number of benzene rings is 1. The van der Waals surface area contributed by atoms with Gasteiger partial charge in [0, 0.05) is 47.4 Å². The van der Waals surface area contributed by atoms with Gasteiger partial charge in [-0.3, -0.25) is 4.98 Å². The van der Waals surface area contributed by atoms with Gasteiger partial charge in [0.15, 0.2) is 0 Å². The Morgan fingerprint density at radius 2 is 1.95 bits per heavy atom. The second-order valence-corrected chi connectivity index (χ2v) is 5.60. The second-order valence-electron chi connectivity index (χ2n) is 4.68. The van der Waals surface area contributed by atoms with E-state index in [0.717, 1.165) is 41.9 Å². The van der Waals surface area contributed by atoms with E-state index in [1.165, 1.54) is 11.1 Å². The quantitative estimate of drug-likeness (QED) is 0.863. The summed E-state index contributed by atoms with van der Waals surface area (Å²) in [6, 6.07) is 8.49. The molecule has 1 aromatic heterocycles. The van der Waals surface area contributed by atoms with E-state index < -0.39 is 0 Å². The van der Waals surface area contributed by atoms with Crippen LogP contribution in [0.4, 0.5) is 5.69 Å². The lowest BCUT2D eigenvalue weighted by atomic mass is 10.1. The molecule has 102 valence electrons. The number of hydrogen-bond acceptors (Lipinski definition) is 3. The SMILES string of the molecule is Cc1cc(N2CCNCC2)c2cc(Br)ccc2n1.Cl. The monoisotopic (exact) mass is 341 g/mol. The van der Waals surface area contributed by atoms with Gasteiger partial charge >= 0.3 is 0 Å². The Morgan fingerprint density at radius 3 is 2.68 bits per heavy atom. The highest BCUT2D eigenvalue weighted by Crippen LogP contribution is 2.29. The second kappa shape index (κ2) is 6.07. The van der Waals surface area contributed by atoms with E-state index in [1.54, 1.807) is 0 Å². The number of piperazine rings is 1. The van der Waals surface area contributed by atoms with Gasteiger partial charge in [-0.1, -0.05) is 15.9 Å². The van der Waals surface area contributed by atoms with Crippen LogP contribution in [0.25, 0.3) is 10.9 Å². The van der Waals surface area contributed by atoms with Crippen LogP contribution in [0.2, 0.25) is 0 Å². The van der Waals surface area contributed by atoms with Crippen LogP contribution in [0.1, 0.15) is 5.69 Å². The Bertz CT molecular complexity index is 582. The van der Waals surface area contributed by atoms with E-state index in [-0.39, 0.29) is 12.4 Å². The molecule has 5 heteroatoms. The van der Waals surface area contributed by atoms with E-state index in [1.807, 2.05) is 0 Å². The summed E-state index contributed by atoms with van der Waals surface area (Å²) in [6.07, 6.45) is 0. The molecule has 3 rings (SSSR count). The minimum absolute atomic E-state index is 0. The van der Waals surface area contributed by atoms with Gasteiger partial charge in [0.05, 0.1) is 5.52 Å². The number of rotatable bonds is 1. The summed E-state index contributed by atoms with van der Waals surface area (Å²) in [5.41, 5.74) is 3.46. The van der Waals surface area contributed by atoms with E-state index in [4.69, 9.17) is 0 Å². The van der Waals surface area contributed by atoms with Gasteiger partial charge in [-0.15, -0.1) is 12.4 Å². The minimum Gasteiger partial charge on any atom is -0.368 e. The Labute approximate surface area is 127 Å². The average Bonchev–Trinajstić information content (AvgIpc) is 2.39. The smallest absolute Gasteiger partial charge is 0.0726 e. The Hall–Kier alpha value is -0.840. The first kappa shape index (κ1) is 14.6. The van der Waals surface area contributed by atoms with E-state index in [2.05, 4.69) is 62.3 Å². The third kappa shape index (κ3) is 3.02. The third-order valence-corrected chi connectivity index (χ3v) is 3.83. The van der Waals surface area contributed by atoms with E-state index >= 15 is 0 Å². The molecule has 2 aromatic rings. The van der Waals surface area contributed by atoms with Crippen molar-refractivity contribution in [2.24, 2.45) is 0 Å². The summed E-state index contributed by atoms with van der Waals surface area (Å²) in [6.45, 7) is 6.29.